The van der Waals surface area contributed by atoms with Crippen LogP contribution >= 0.6 is 0 Å². The Morgan fingerprint density at radius 3 is 2.68 bits per heavy atom. The van der Waals surface area contributed by atoms with E-state index in [2.05, 4.69) is 6.07 Å². The van der Waals surface area contributed by atoms with Crippen molar-refractivity contribution in [3.63, 3.8) is 0 Å². The fourth-order valence-electron chi connectivity index (χ4n) is 3.12. The predicted molar refractivity (Wildman–Crippen MR) is 81.4 cm³/mol. The lowest BCUT2D eigenvalue weighted by atomic mass is 9.81. The van der Waals surface area contributed by atoms with E-state index in [0.717, 1.165) is 29.5 Å². The Bertz CT molecular complexity index is 721. The Labute approximate surface area is 129 Å². The van der Waals surface area contributed by atoms with Gasteiger partial charge in [0.25, 0.3) is 0 Å². The molecule has 0 aliphatic carbocycles. The third-order valence-corrected chi connectivity index (χ3v) is 4.19. The first-order valence-corrected chi connectivity index (χ1v) is 7.33. The van der Waals surface area contributed by atoms with Gasteiger partial charge >= 0.3 is 0 Å². The van der Waals surface area contributed by atoms with Gasteiger partial charge in [-0.1, -0.05) is 18.2 Å². The van der Waals surface area contributed by atoms with Crippen molar-refractivity contribution in [2.45, 2.75) is 25.0 Å². The topological polar surface area (TPSA) is 59.0 Å². The summed E-state index contributed by atoms with van der Waals surface area (Å²) in [5.41, 5.74) is 8.68. The second-order valence-corrected chi connectivity index (χ2v) is 5.50. The summed E-state index contributed by atoms with van der Waals surface area (Å²) >= 11 is 0. The highest BCUT2D eigenvalue weighted by atomic mass is 19.1. The zero-order valence-electron chi connectivity index (χ0n) is 12.2. The van der Waals surface area contributed by atoms with Crippen LogP contribution in [-0.2, 0) is 16.9 Å². The highest BCUT2D eigenvalue weighted by molar-refractivity contribution is 5.47. The van der Waals surface area contributed by atoms with Crippen molar-refractivity contribution in [2.75, 3.05) is 6.54 Å². The van der Waals surface area contributed by atoms with Crippen LogP contribution in [0.25, 0.3) is 0 Å². The van der Waals surface area contributed by atoms with E-state index in [1.807, 2.05) is 12.1 Å². The summed E-state index contributed by atoms with van der Waals surface area (Å²) < 4.78 is 19.4. The van der Waals surface area contributed by atoms with Gasteiger partial charge in [-0.15, -0.1) is 0 Å². The molecule has 0 radical (unpaired) electrons. The van der Waals surface area contributed by atoms with Crippen LogP contribution < -0.4 is 5.73 Å². The highest BCUT2D eigenvalue weighted by Gasteiger charge is 2.41. The number of halogens is 1. The molecule has 1 aliphatic heterocycles. The van der Waals surface area contributed by atoms with E-state index in [9.17, 15) is 4.39 Å². The maximum Gasteiger partial charge on any atom is 0.123 e. The highest BCUT2D eigenvalue weighted by Crippen LogP contribution is 2.45. The molecule has 0 saturated heterocycles. The number of benzene rings is 2. The molecule has 112 valence electrons. The lowest BCUT2D eigenvalue weighted by molar-refractivity contribution is -0.0126. The van der Waals surface area contributed by atoms with Gasteiger partial charge in [0, 0.05) is 0 Å². The van der Waals surface area contributed by atoms with Crippen LogP contribution in [0.4, 0.5) is 4.39 Å². The summed E-state index contributed by atoms with van der Waals surface area (Å²) in [5.74, 6) is -0.268. The third kappa shape index (κ3) is 2.39. The maximum atomic E-state index is 13.2. The first-order chi connectivity index (χ1) is 10.7. The number of fused-ring (bicyclic) bond motifs is 1. The molecule has 4 heteroatoms. The Morgan fingerprint density at radius 1 is 1.23 bits per heavy atom. The number of rotatable bonds is 4. The number of hydrogen-bond acceptors (Lipinski definition) is 3. The molecule has 0 bridgehead atoms. The number of ether oxygens (including phenoxy) is 1. The molecule has 0 unspecified atom stereocenters. The Balaban J connectivity index is 2.10. The molecule has 0 amide bonds. The average molecular weight is 296 g/mol. The zero-order chi connectivity index (χ0) is 15.6. The van der Waals surface area contributed by atoms with Gasteiger partial charge in [-0.25, -0.2) is 4.39 Å². The Kier molecular flexibility index (Phi) is 3.93. The molecule has 2 N–H and O–H groups in total. The maximum absolute atomic E-state index is 13.2. The van der Waals surface area contributed by atoms with E-state index in [1.54, 1.807) is 18.2 Å². The molecule has 0 fully saturated rings. The standard InChI is InChI=1S/C18H17FN2O/c19-16-5-3-15(4-6-16)18(8-1-9-20)17-7-2-13(11-21)10-14(17)12-22-18/h2-7,10H,1,8-9,12,20H2/t18-/m1/s1. The van der Waals surface area contributed by atoms with Crippen LogP contribution in [0, 0.1) is 17.1 Å². The summed E-state index contributed by atoms with van der Waals surface area (Å²) in [4.78, 5) is 0. The molecule has 3 rings (SSSR count). The van der Waals surface area contributed by atoms with Gasteiger partial charge < -0.3 is 10.5 Å². The molecule has 1 heterocycles. The second-order valence-electron chi connectivity index (χ2n) is 5.50. The van der Waals surface area contributed by atoms with Gasteiger partial charge in [-0.3, -0.25) is 0 Å². The van der Waals surface area contributed by atoms with Crippen LogP contribution in [0.5, 0.6) is 0 Å². The van der Waals surface area contributed by atoms with Crippen molar-refractivity contribution in [3.8, 4) is 6.07 Å². The van der Waals surface area contributed by atoms with E-state index in [1.165, 1.54) is 12.1 Å². The summed E-state index contributed by atoms with van der Waals surface area (Å²) in [5, 5.41) is 9.04. The van der Waals surface area contributed by atoms with Gasteiger partial charge in [0.1, 0.15) is 11.4 Å². The van der Waals surface area contributed by atoms with Gasteiger partial charge in [0.05, 0.1) is 18.2 Å². The number of nitrogens with zero attached hydrogens (tertiary/aromatic N) is 1. The third-order valence-electron chi connectivity index (χ3n) is 4.19. The normalized spacial score (nSPS) is 19.7. The zero-order valence-corrected chi connectivity index (χ0v) is 12.2. The van der Waals surface area contributed by atoms with E-state index >= 15 is 0 Å². The first kappa shape index (κ1) is 14.7. The van der Waals surface area contributed by atoms with Crippen LogP contribution in [-0.4, -0.2) is 6.54 Å². The fraction of sp³-hybridized carbons (Fsp3) is 0.278. The first-order valence-electron chi connectivity index (χ1n) is 7.33. The summed E-state index contributed by atoms with van der Waals surface area (Å²) in [6.07, 6.45) is 1.53. The molecule has 3 nitrogen and oxygen atoms in total. The van der Waals surface area contributed by atoms with Crippen LogP contribution in [0.15, 0.2) is 42.5 Å². The van der Waals surface area contributed by atoms with Crippen molar-refractivity contribution in [2.24, 2.45) is 5.73 Å². The number of nitrogens with two attached hydrogens (primary N) is 1. The van der Waals surface area contributed by atoms with Crippen molar-refractivity contribution in [1.82, 2.24) is 0 Å². The molecular weight excluding hydrogens is 279 g/mol. The van der Waals surface area contributed by atoms with Crippen LogP contribution in [0.1, 0.15) is 35.1 Å². The van der Waals surface area contributed by atoms with E-state index < -0.39 is 5.60 Å². The smallest absolute Gasteiger partial charge is 0.123 e. The number of nitriles is 1. The van der Waals surface area contributed by atoms with E-state index in [-0.39, 0.29) is 5.82 Å². The van der Waals surface area contributed by atoms with Crippen molar-refractivity contribution in [3.05, 3.63) is 70.5 Å². The quantitative estimate of drug-likeness (QED) is 0.942. The van der Waals surface area contributed by atoms with Gasteiger partial charge in [-0.2, -0.15) is 5.26 Å². The molecular formula is C18H17FN2O. The lowest BCUT2D eigenvalue weighted by Crippen LogP contribution is -2.28. The van der Waals surface area contributed by atoms with Crippen LogP contribution in [0.3, 0.4) is 0 Å². The van der Waals surface area contributed by atoms with Gasteiger partial charge in [-0.05, 0) is 60.3 Å². The fourth-order valence-corrected chi connectivity index (χ4v) is 3.12. The Hall–Kier alpha value is -2.22. The molecule has 22 heavy (non-hydrogen) atoms. The van der Waals surface area contributed by atoms with Crippen LogP contribution in [0.2, 0.25) is 0 Å². The molecule has 0 spiro atoms. The van der Waals surface area contributed by atoms with Gasteiger partial charge in [0.2, 0.25) is 0 Å². The SMILES string of the molecule is N#Cc1ccc2c(c1)CO[C@]2(CCCN)c1ccc(F)cc1. The molecule has 1 atom stereocenters. The largest absolute Gasteiger partial charge is 0.361 e. The average Bonchev–Trinajstić information content (AvgIpc) is 2.92. The van der Waals surface area contributed by atoms with E-state index in [0.29, 0.717) is 18.7 Å². The molecule has 2 aromatic rings. The molecule has 1 aliphatic rings. The summed E-state index contributed by atoms with van der Waals surface area (Å²) in [7, 11) is 0. The minimum absolute atomic E-state index is 0.268. The van der Waals surface area contributed by atoms with Crippen molar-refractivity contribution < 1.29 is 9.13 Å². The van der Waals surface area contributed by atoms with Gasteiger partial charge in [0.15, 0.2) is 0 Å². The number of hydrogen-bond donors (Lipinski definition) is 1. The second kappa shape index (κ2) is 5.88. The minimum atomic E-state index is -0.601. The molecule has 2 aromatic carbocycles. The molecule has 0 saturated carbocycles. The lowest BCUT2D eigenvalue weighted by Gasteiger charge is -2.30. The van der Waals surface area contributed by atoms with Crippen molar-refractivity contribution >= 4 is 0 Å². The predicted octanol–water partition coefficient (Wildman–Crippen LogP) is 3.21. The van der Waals surface area contributed by atoms with E-state index in [4.69, 9.17) is 15.7 Å². The summed E-state index contributed by atoms with van der Waals surface area (Å²) in [6.45, 7) is 1.02. The minimum Gasteiger partial charge on any atom is -0.361 e. The Morgan fingerprint density at radius 2 is 2.00 bits per heavy atom. The molecule has 0 aromatic heterocycles. The van der Waals surface area contributed by atoms with Crippen molar-refractivity contribution in [1.29, 1.82) is 5.26 Å². The summed E-state index contributed by atoms with van der Waals surface area (Å²) in [6, 6.07) is 14.2. The monoisotopic (exact) mass is 296 g/mol.